The molecular weight excluding hydrogens is 268 g/mol. The molecule has 1 aromatic heterocycles. The lowest BCUT2D eigenvalue weighted by molar-refractivity contribution is 0.480. The zero-order valence-corrected chi connectivity index (χ0v) is 10.8. The van der Waals surface area contributed by atoms with Gasteiger partial charge in [-0.25, -0.2) is 4.98 Å². The summed E-state index contributed by atoms with van der Waals surface area (Å²) >= 11 is 7.40. The number of anilines is 1. The van der Waals surface area contributed by atoms with Gasteiger partial charge in [0.25, 0.3) is 5.19 Å². The minimum atomic E-state index is 0.594. The summed E-state index contributed by atoms with van der Waals surface area (Å²) in [6.45, 7) is 0. The molecule has 0 aliphatic carbocycles. The molecule has 0 fully saturated rings. The van der Waals surface area contributed by atoms with Gasteiger partial charge < -0.3 is 10.5 Å². The number of rotatable bonds is 2. The summed E-state index contributed by atoms with van der Waals surface area (Å²) in [7, 11) is 0. The number of hydrogen-bond acceptors (Lipinski definition) is 4. The average molecular weight is 277 g/mol. The first-order chi connectivity index (χ1) is 8.70. The molecular formula is C13H9ClN2OS. The number of thiazole rings is 1. The lowest BCUT2D eigenvalue weighted by Gasteiger charge is -2.00. The molecule has 0 atom stereocenters. The molecule has 0 bridgehead atoms. The van der Waals surface area contributed by atoms with Crippen LogP contribution in [0.5, 0.6) is 10.9 Å². The molecule has 2 aromatic carbocycles. The highest BCUT2D eigenvalue weighted by atomic mass is 35.5. The molecule has 2 N–H and O–H groups in total. The second-order valence-corrected chi connectivity index (χ2v) is 5.19. The predicted molar refractivity (Wildman–Crippen MR) is 75.6 cm³/mol. The molecule has 0 saturated carbocycles. The normalized spacial score (nSPS) is 10.7. The smallest absolute Gasteiger partial charge is 0.279 e. The van der Waals surface area contributed by atoms with E-state index in [1.165, 1.54) is 11.3 Å². The first-order valence-corrected chi connectivity index (χ1v) is 6.50. The van der Waals surface area contributed by atoms with E-state index in [2.05, 4.69) is 4.98 Å². The molecule has 0 saturated heterocycles. The van der Waals surface area contributed by atoms with Crippen LogP contribution in [0.4, 0.5) is 5.69 Å². The molecule has 0 unspecified atom stereocenters. The zero-order valence-electron chi connectivity index (χ0n) is 9.26. The van der Waals surface area contributed by atoms with Crippen molar-refractivity contribution in [2.45, 2.75) is 0 Å². The molecule has 0 amide bonds. The Hall–Kier alpha value is -1.78. The Morgan fingerprint density at radius 3 is 2.67 bits per heavy atom. The molecule has 18 heavy (non-hydrogen) atoms. The summed E-state index contributed by atoms with van der Waals surface area (Å²) < 4.78 is 6.71. The second-order valence-electron chi connectivity index (χ2n) is 3.76. The zero-order chi connectivity index (χ0) is 12.5. The third kappa shape index (κ3) is 2.25. The highest BCUT2D eigenvalue weighted by Gasteiger charge is 2.06. The van der Waals surface area contributed by atoms with Gasteiger partial charge in [-0.15, -0.1) is 0 Å². The highest BCUT2D eigenvalue weighted by molar-refractivity contribution is 7.20. The largest absolute Gasteiger partial charge is 0.431 e. The number of nitrogens with zero attached hydrogens (tertiary/aromatic N) is 1. The number of benzene rings is 2. The van der Waals surface area contributed by atoms with Gasteiger partial charge in [-0.05, 0) is 42.5 Å². The van der Waals surface area contributed by atoms with E-state index in [0.29, 0.717) is 21.7 Å². The van der Waals surface area contributed by atoms with E-state index < -0.39 is 0 Å². The lowest BCUT2D eigenvalue weighted by Crippen LogP contribution is -1.85. The van der Waals surface area contributed by atoms with Gasteiger partial charge in [-0.1, -0.05) is 22.9 Å². The first-order valence-electron chi connectivity index (χ1n) is 5.30. The van der Waals surface area contributed by atoms with Crippen LogP contribution in [0.15, 0.2) is 42.5 Å². The minimum Gasteiger partial charge on any atom is -0.431 e. The van der Waals surface area contributed by atoms with Gasteiger partial charge in [-0.3, -0.25) is 0 Å². The van der Waals surface area contributed by atoms with Crippen LogP contribution >= 0.6 is 22.9 Å². The number of nitrogen functional groups attached to an aromatic ring is 1. The van der Waals surface area contributed by atoms with E-state index in [9.17, 15) is 0 Å². The van der Waals surface area contributed by atoms with Gasteiger partial charge in [0, 0.05) is 10.7 Å². The summed E-state index contributed by atoms with van der Waals surface area (Å²) in [6.07, 6.45) is 0. The van der Waals surface area contributed by atoms with Crippen molar-refractivity contribution in [3.05, 3.63) is 47.5 Å². The molecule has 3 rings (SSSR count). The van der Waals surface area contributed by atoms with E-state index in [1.807, 2.05) is 30.3 Å². The average Bonchev–Trinajstić information content (AvgIpc) is 2.73. The van der Waals surface area contributed by atoms with Crippen molar-refractivity contribution < 1.29 is 4.74 Å². The van der Waals surface area contributed by atoms with Crippen LogP contribution in [0.1, 0.15) is 0 Å². The van der Waals surface area contributed by atoms with Gasteiger partial charge in [-0.2, -0.15) is 0 Å². The van der Waals surface area contributed by atoms with Crippen molar-refractivity contribution in [2.75, 3.05) is 5.73 Å². The molecule has 3 aromatic rings. The van der Waals surface area contributed by atoms with Crippen LogP contribution in [-0.2, 0) is 0 Å². The predicted octanol–water partition coefficient (Wildman–Crippen LogP) is 4.32. The Balaban J connectivity index is 1.92. The minimum absolute atomic E-state index is 0.594. The van der Waals surface area contributed by atoms with E-state index in [1.54, 1.807) is 12.1 Å². The maximum absolute atomic E-state index is 5.92. The Bertz CT molecular complexity index is 694. The van der Waals surface area contributed by atoms with Gasteiger partial charge in [0.1, 0.15) is 5.75 Å². The van der Waals surface area contributed by atoms with Crippen molar-refractivity contribution in [2.24, 2.45) is 0 Å². The number of ether oxygens (including phenoxy) is 1. The maximum atomic E-state index is 5.92. The van der Waals surface area contributed by atoms with Gasteiger partial charge in [0.05, 0.1) is 10.2 Å². The quantitative estimate of drug-likeness (QED) is 0.709. The van der Waals surface area contributed by atoms with Crippen molar-refractivity contribution in [1.82, 2.24) is 4.98 Å². The Morgan fingerprint density at radius 1 is 1.11 bits per heavy atom. The van der Waals surface area contributed by atoms with Crippen molar-refractivity contribution >= 4 is 38.8 Å². The highest BCUT2D eigenvalue weighted by Crippen LogP contribution is 2.32. The topological polar surface area (TPSA) is 48.1 Å². The monoisotopic (exact) mass is 276 g/mol. The number of aromatic nitrogens is 1. The fraction of sp³-hybridized carbons (Fsp3) is 0. The number of hydrogen-bond donors (Lipinski definition) is 1. The van der Waals surface area contributed by atoms with Gasteiger partial charge >= 0.3 is 0 Å². The van der Waals surface area contributed by atoms with Crippen LogP contribution in [0.25, 0.3) is 10.2 Å². The second kappa shape index (κ2) is 4.48. The fourth-order valence-corrected chi connectivity index (χ4v) is 2.54. The Morgan fingerprint density at radius 2 is 1.89 bits per heavy atom. The van der Waals surface area contributed by atoms with Gasteiger partial charge in [0.15, 0.2) is 0 Å². The van der Waals surface area contributed by atoms with Crippen molar-refractivity contribution in [3.8, 4) is 10.9 Å². The number of nitrogens with two attached hydrogens (primary N) is 1. The van der Waals surface area contributed by atoms with Crippen molar-refractivity contribution in [1.29, 1.82) is 0 Å². The summed E-state index contributed by atoms with van der Waals surface area (Å²) in [5, 5.41) is 1.27. The lowest BCUT2D eigenvalue weighted by atomic mass is 10.3. The maximum Gasteiger partial charge on any atom is 0.279 e. The SMILES string of the molecule is Nc1ccc(Oc2nc3cc(Cl)ccc3s2)cc1. The number of fused-ring (bicyclic) bond motifs is 1. The molecule has 1 heterocycles. The first kappa shape index (κ1) is 11.3. The van der Waals surface area contributed by atoms with E-state index in [-0.39, 0.29) is 0 Å². The Kier molecular flexibility index (Phi) is 2.81. The third-order valence-corrected chi connectivity index (χ3v) is 3.56. The van der Waals surface area contributed by atoms with Crippen LogP contribution in [0.3, 0.4) is 0 Å². The Labute approximate surface area is 113 Å². The molecule has 90 valence electrons. The van der Waals surface area contributed by atoms with Crippen LogP contribution < -0.4 is 10.5 Å². The fourth-order valence-electron chi connectivity index (χ4n) is 1.56. The molecule has 0 aliphatic heterocycles. The number of halogens is 1. The van der Waals surface area contributed by atoms with Crippen LogP contribution in [0, 0.1) is 0 Å². The van der Waals surface area contributed by atoms with E-state index in [4.69, 9.17) is 22.1 Å². The van der Waals surface area contributed by atoms with Crippen LogP contribution in [-0.4, -0.2) is 4.98 Å². The third-order valence-electron chi connectivity index (χ3n) is 2.42. The summed E-state index contributed by atoms with van der Waals surface area (Å²) in [5.41, 5.74) is 7.17. The van der Waals surface area contributed by atoms with Gasteiger partial charge in [0.2, 0.25) is 0 Å². The molecule has 0 radical (unpaired) electrons. The molecule has 0 spiro atoms. The summed E-state index contributed by atoms with van der Waals surface area (Å²) in [6, 6.07) is 12.8. The van der Waals surface area contributed by atoms with E-state index in [0.717, 1.165) is 10.2 Å². The molecule has 5 heteroatoms. The van der Waals surface area contributed by atoms with Crippen LogP contribution in [0.2, 0.25) is 5.02 Å². The van der Waals surface area contributed by atoms with E-state index >= 15 is 0 Å². The summed E-state index contributed by atoms with van der Waals surface area (Å²) in [4.78, 5) is 4.37. The molecule has 0 aliphatic rings. The van der Waals surface area contributed by atoms with Crippen molar-refractivity contribution in [3.63, 3.8) is 0 Å². The summed E-state index contributed by atoms with van der Waals surface area (Å²) in [5.74, 6) is 0.717. The molecule has 3 nitrogen and oxygen atoms in total. The standard InChI is InChI=1S/C13H9ClN2OS/c14-8-1-6-12-11(7-8)16-13(18-12)17-10-4-2-9(15)3-5-10/h1-7H,15H2.